The zero-order valence-corrected chi connectivity index (χ0v) is 24.2. The number of pyridine rings is 1. The number of aryl methyl sites for hydroxylation is 1. The average molecular weight is 623 g/mol. The highest BCUT2D eigenvalue weighted by Gasteiger charge is 2.41. The highest BCUT2D eigenvalue weighted by Crippen LogP contribution is 2.47. The molecule has 2 aliphatic rings. The number of benzene rings is 1. The van der Waals surface area contributed by atoms with Gasteiger partial charge in [0.2, 0.25) is 11.0 Å². The van der Waals surface area contributed by atoms with Crippen molar-refractivity contribution in [1.29, 1.82) is 5.26 Å². The van der Waals surface area contributed by atoms with Crippen molar-refractivity contribution in [3.05, 3.63) is 80.9 Å². The van der Waals surface area contributed by atoms with Gasteiger partial charge < -0.3 is 11.1 Å². The van der Waals surface area contributed by atoms with Crippen LogP contribution in [0.3, 0.4) is 0 Å². The highest BCUT2D eigenvalue weighted by molar-refractivity contribution is 9.10. The van der Waals surface area contributed by atoms with Crippen LogP contribution in [0.5, 0.6) is 0 Å². The lowest BCUT2D eigenvalue weighted by Crippen LogP contribution is -2.38. The van der Waals surface area contributed by atoms with Crippen molar-refractivity contribution in [1.82, 2.24) is 15.2 Å². The number of rotatable bonds is 7. The second-order valence-electron chi connectivity index (χ2n) is 8.96. The Morgan fingerprint density at radius 1 is 1.26 bits per heavy atom. The van der Waals surface area contributed by atoms with Gasteiger partial charge in [0.15, 0.2) is 10.1 Å². The molecule has 0 bridgehead atoms. The molecule has 0 spiro atoms. The van der Waals surface area contributed by atoms with E-state index in [2.05, 4.69) is 49.4 Å². The molecule has 39 heavy (non-hydrogen) atoms. The van der Waals surface area contributed by atoms with Gasteiger partial charge in [0.25, 0.3) is 0 Å². The number of anilines is 2. The van der Waals surface area contributed by atoms with Crippen LogP contribution in [0.25, 0.3) is 0 Å². The van der Waals surface area contributed by atoms with E-state index >= 15 is 0 Å². The second-order valence-corrected chi connectivity index (χ2v) is 12.1. The highest BCUT2D eigenvalue weighted by atomic mass is 79.9. The molecule has 2 aromatic heterocycles. The first-order valence-corrected chi connectivity index (χ1v) is 14.9. The maximum absolute atomic E-state index is 13.3. The molecular formula is C27H24BrN7O2S2. The van der Waals surface area contributed by atoms with Crippen molar-refractivity contribution in [2.24, 2.45) is 5.73 Å². The van der Waals surface area contributed by atoms with Gasteiger partial charge in [-0.1, -0.05) is 54.3 Å². The maximum atomic E-state index is 13.3. The van der Waals surface area contributed by atoms with Crippen molar-refractivity contribution >= 4 is 61.7 Å². The number of carbonyl (C=O) groups excluding carboxylic acids is 2. The predicted octanol–water partition coefficient (Wildman–Crippen LogP) is 5.29. The monoisotopic (exact) mass is 621 g/mol. The first-order valence-electron chi connectivity index (χ1n) is 12.3. The van der Waals surface area contributed by atoms with Crippen LogP contribution in [-0.2, 0) is 16.0 Å². The van der Waals surface area contributed by atoms with Crippen LogP contribution in [0.1, 0.15) is 43.2 Å². The Morgan fingerprint density at radius 2 is 2.05 bits per heavy atom. The van der Waals surface area contributed by atoms with Gasteiger partial charge in [-0.05, 0) is 58.5 Å². The summed E-state index contributed by atoms with van der Waals surface area (Å²) in [6.45, 7) is 2.08. The molecule has 0 saturated carbocycles. The van der Waals surface area contributed by atoms with E-state index in [4.69, 9.17) is 5.73 Å². The molecule has 0 saturated heterocycles. The number of hydrogen-bond acceptors (Lipinski definition) is 10. The van der Waals surface area contributed by atoms with Crippen LogP contribution >= 0.6 is 39.0 Å². The molecule has 0 fully saturated rings. The van der Waals surface area contributed by atoms with E-state index in [1.807, 2.05) is 24.3 Å². The van der Waals surface area contributed by atoms with E-state index in [0.717, 1.165) is 22.2 Å². The molecule has 1 aliphatic heterocycles. The van der Waals surface area contributed by atoms with Gasteiger partial charge in [-0.2, -0.15) is 5.26 Å². The van der Waals surface area contributed by atoms with Gasteiger partial charge in [-0.25, -0.2) is 4.98 Å². The topological polar surface area (TPSA) is 138 Å². The Hall–Kier alpha value is -3.53. The Morgan fingerprint density at radius 3 is 2.74 bits per heavy atom. The van der Waals surface area contributed by atoms with Gasteiger partial charge in [0.1, 0.15) is 11.6 Å². The van der Waals surface area contributed by atoms with Crippen LogP contribution in [-0.4, -0.2) is 32.6 Å². The van der Waals surface area contributed by atoms with Crippen LogP contribution in [0, 0.1) is 11.3 Å². The molecule has 5 rings (SSSR count). The quantitative estimate of drug-likeness (QED) is 0.337. The third-order valence-corrected chi connectivity index (χ3v) is 9.05. The number of aromatic nitrogens is 3. The summed E-state index contributed by atoms with van der Waals surface area (Å²) in [7, 11) is 0. The summed E-state index contributed by atoms with van der Waals surface area (Å²) >= 11 is 5.82. The fourth-order valence-corrected chi connectivity index (χ4v) is 6.61. The summed E-state index contributed by atoms with van der Waals surface area (Å²) < 4.78 is 1.39. The standard InChI is InChI=1S/C27H24BrN7O2S2/c1-2-15-6-8-16(9-7-15)23-18(12-29)25(30)35(19-4-3-5-20(36)24(19)23)26-33-34-27(39-26)38-14-22(37)32-21-11-10-17(28)13-31-21/h6-11,13,23H,2-5,14,30H2,1H3,(H,31,32,37). The third kappa shape index (κ3) is 5.61. The second kappa shape index (κ2) is 11.7. The number of Topliss-reactive ketones (excluding diaryl/α,β-unsaturated/α-hetero) is 1. The molecule has 198 valence electrons. The average Bonchev–Trinajstić information content (AvgIpc) is 3.41. The van der Waals surface area contributed by atoms with E-state index < -0.39 is 5.92 Å². The minimum Gasteiger partial charge on any atom is -0.384 e. The van der Waals surface area contributed by atoms with Crippen LogP contribution in [0.4, 0.5) is 10.9 Å². The number of nitrogens with zero attached hydrogens (tertiary/aromatic N) is 5. The summed E-state index contributed by atoms with van der Waals surface area (Å²) in [6.07, 6.45) is 4.25. The Kier molecular flexibility index (Phi) is 8.11. The minimum atomic E-state index is -0.516. The third-order valence-electron chi connectivity index (χ3n) is 6.54. The lowest BCUT2D eigenvalue weighted by Gasteiger charge is -2.38. The summed E-state index contributed by atoms with van der Waals surface area (Å²) in [5.74, 6) is 0.0971. The molecule has 9 nitrogen and oxygen atoms in total. The summed E-state index contributed by atoms with van der Waals surface area (Å²) in [6, 6.07) is 13.8. The summed E-state index contributed by atoms with van der Waals surface area (Å²) in [4.78, 5) is 31.5. The predicted molar refractivity (Wildman–Crippen MR) is 155 cm³/mol. The van der Waals surface area contributed by atoms with E-state index in [9.17, 15) is 14.9 Å². The molecule has 1 amide bonds. The summed E-state index contributed by atoms with van der Waals surface area (Å²) in [5, 5.41) is 22.0. The number of thioether (sulfide) groups is 1. The zero-order valence-electron chi connectivity index (χ0n) is 21.0. The number of amides is 1. The van der Waals surface area contributed by atoms with Crippen molar-refractivity contribution in [3.8, 4) is 6.07 Å². The molecule has 1 aromatic carbocycles. The molecule has 1 aliphatic carbocycles. The molecule has 3 heterocycles. The van der Waals surface area contributed by atoms with Crippen molar-refractivity contribution < 1.29 is 9.59 Å². The normalized spacial score (nSPS) is 17.2. The van der Waals surface area contributed by atoms with Gasteiger partial charge in [-0.15, -0.1) is 10.2 Å². The van der Waals surface area contributed by atoms with Crippen molar-refractivity contribution in [3.63, 3.8) is 0 Å². The van der Waals surface area contributed by atoms with E-state index in [1.54, 1.807) is 23.2 Å². The number of nitrogens with two attached hydrogens (primary N) is 1. The molecule has 3 N–H and O–H groups in total. The largest absolute Gasteiger partial charge is 0.384 e. The molecule has 1 atom stereocenters. The van der Waals surface area contributed by atoms with Crippen molar-refractivity contribution in [2.45, 2.75) is 42.9 Å². The maximum Gasteiger partial charge on any atom is 0.235 e. The Balaban J connectivity index is 1.41. The van der Waals surface area contributed by atoms with Gasteiger partial charge in [-0.3, -0.25) is 14.5 Å². The fourth-order valence-electron chi connectivity index (χ4n) is 4.69. The lowest BCUT2D eigenvalue weighted by atomic mass is 9.75. The smallest absolute Gasteiger partial charge is 0.235 e. The lowest BCUT2D eigenvalue weighted by molar-refractivity contribution is -0.116. The minimum absolute atomic E-state index is 0.0170. The zero-order chi connectivity index (χ0) is 27.5. The molecule has 1 unspecified atom stereocenters. The van der Waals surface area contributed by atoms with E-state index in [-0.39, 0.29) is 23.3 Å². The van der Waals surface area contributed by atoms with Gasteiger partial charge >= 0.3 is 0 Å². The molecule has 3 aromatic rings. The number of carbonyl (C=O) groups is 2. The van der Waals surface area contributed by atoms with Crippen molar-refractivity contribution in [2.75, 3.05) is 16.0 Å². The first-order chi connectivity index (χ1) is 18.9. The van der Waals surface area contributed by atoms with Crippen LogP contribution < -0.4 is 16.0 Å². The van der Waals surface area contributed by atoms with Gasteiger partial charge in [0, 0.05) is 28.4 Å². The number of allylic oxidation sites excluding steroid dienone is 3. The number of ketones is 1. The Labute approximate surface area is 242 Å². The number of halogens is 1. The van der Waals surface area contributed by atoms with Crippen LogP contribution in [0.15, 0.2) is 74.1 Å². The molecular weight excluding hydrogens is 598 g/mol. The van der Waals surface area contributed by atoms with E-state index in [1.165, 1.54) is 28.7 Å². The number of hydrogen-bond donors (Lipinski definition) is 2. The van der Waals surface area contributed by atoms with E-state index in [0.29, 0.717) is 45.7 Å². The molecule has 12 heteroatoms. The first kappa shape index (κ1) is 27.1. The van der Waals surface area contributed by atoms with Crippen LogP contribution in [0.2, 0.25) is 0 Å². The Bertz CT molecular complexity index is 1520. The number of nitriles is 1. The SMILES string of the molecule is CCc1ccc(C2C(C#N)=C(N)N(c3nnc(SCC(=O)Nc4ccc(Br)cn4)s3)C3=C2C(=O)CCC3)cc1. The fraction of sp³-hybridized carbons (Fsp3) is 0.259. The molecule has 0 radical (unpaired) electrons. The number of nitrogens with one attached hydrogen (secondary N) is 1. The summed E-state index contributed by atoms with van der Waals surface area (Å²) in [5.41, 5.74) is 10.4. The van der Waals surface area contributed by atoms with Gasteiger partial charge in [0.05, 0.1) is 23.3 Å².